The number of hydrogen-bond donors (Lipinski definition) is 0. The van der Waals surface area contributed by atoms with Crippen molar-refractivity contribution in [3.63, 3.8) is 0 Å². The molecule has 142 valence electrons. The maximum atomic E-state index is 12.9. The molecule has 2 saturated heterocycles. The molecule has 2 heterocycles. The SMILES string of the molecule is O=C(c1ccc2ccccc2c1)N1CCC(C(=O)N2CCCCCC2)CC1. The number of likely N-dealkylation sites (tertiary alicyclic amines) is 2. The number of nitrogens with zero attached hydrogens (tertiary/aromatic N) is 2. The van der Waals surface area contributed by atoms with Gasteiger partial charge in [0.1, 0.15) is 0 Å². The van der Waals surface area contributed by atoms with Crippen LogP contribution in [0.1, 0.15) is 48.9 Å². The lowest BCUT2D eigenvalue weighted by molar-refractivity contribution is -0.136. The summed E-state index contributed by atoms with van der Waals surface area (Å²) in [5.41, 5.74) is 0.742. The van der Waals surface area contributed by atoms with Crippen LogP contribution in [0, 0.1) is 5.92 Å². The monoisotopic (exact) mass is 364 g/mol. The highest BCUT2D eigenvalue weighted by atomic mass is 16.2. The summed E-state index contributed by atoms with van der Waals surface area (Å²) in [4.78, 5) is 29.7. The Morgan fingerprint density at radius 1 is 0.741 bits per heavy atom. The van der Waals surface area contributed by atoms with Crippen LogP contribution in [0.15, 0.2) is 42.5 Å². The van der Waals surface area contributed by atoms with Crippen LogP contribution in [0.25, 0.3) is 10.8 Å². The third-order valence-corrected chi connectivity index (χ3v) is 6.05. The van der Waals surface area contributed by atoms with Crippen molar-refractivity contribution < 1.29 is 9.59 Å². The molecule has 4 heteroatoms. The van der Waals surface area contributed by atoms with Gasteiger partial charge in [-0.3, -0.25) is 9.59 Å². The minimum Gasteiger partial charge on any atom is -0.342 e. The van der Waals surface area contributed by atoms with Crippen molar-refractivity contribution >= 4 is 22.6 Å². The summed E-state index contributed by atoms with van der Waals surface area (Å²) in [6, 6.07) is 14.0. The summed E-state index contributed by atoms with van der Waals surface area (Å²) in [6.07, 6.45) is 6.31. The molecule has 27 heavy (non-hydrogen) atoms. The Bertz CT molecular complexity index is 816. The van der Waals surface area contributed by atoms with Gasteiger partial charge in [0.15, 0.2) is 0 Å². The highest BCUT2D eigenvalue weighted by Gasteiger charge is 2.30. The van der Waals surface area contributed by atoms with Gasteiger partial charge >= 0.3 is 0 Å². The van der Waals surface area contributed by atoms with Crippen molar-refractivity contribution in [2.45, 2.75) is 38.5 Å². The molecule has 0 atom stereocenters. The van der Waals surface area contributed by atoms with Crippen LogP contribution in [-0.2, 0) is 4.79 Å². The Hall–Kier alpha value is -2.36. The fourth-order valence-electron chi connectivity index (χ4n) is 4.38. The van der Waals surface area contributed by atoms with Gasteiger partial charge in [0.25, 0.3) is 5.91 Å². The van der Waals surface area contributed by atoms with Gasteiger partial charge in [-0.2, -0.15) is 0 Å². The summed E-state index contributed by atoms with van der Waals surface area (Å²) < 4.78 is 0. The first-order valence-electron chi connectivity index (χ1n) is 10.3. The first kappa shape index (κ1) is 18.0. The van der Waals surface area contributed by atoms with Crippen LogP contribution >= 0.6 is 0 Å². The lowest BCUT2D eigenvalue weighted by atomic mass is 9.94. The minimum atomic E-state index is 0.0847. The maximum Gasteiger partial charge on any atom is 0.253 e. The molecule has 0 unspecified atom stereocenters. The van der Waals surface area contributed by atoms with Gasteiger partial charge in [0.05, 0.1) is 0 Å². The van der Waals surface area contributed by atoms with E-state index in [1.807, 2.05) is 41.3 Å². The largest absolute Gasteiger partial charge is 0.342 e. The minimum absolute atomic E-state index is 0.0847. The molecule has 0 radical (unpaired) electrons. The van der Waals surface area contributed by atoms with Gasteiger partial charge in [-0.25, -0.2) is 0 Å². The van der Waals surface area contributed by atoms with Gasteiger partial charge < -0.3 is 9.80 Å². The van der Waals surface area contributed by atoms with Crippen LogP contribution in [0.4, 0.5) is 0 Å². The van der Waals surface area contributed by atoms with E-state index in [2.05, 4.69) is 11.0 Å². The van der Waals surface area contributed by atoms with Crippen molar-refractivity contribution in [1.82, 2.24) is 9.80 Å². The van der Waals surface area contributed by atoms with Crippen molar-refractivity contribution in [2.24, 2.45) is 5.92 Å². The molecule has 0 spiro atoms. The summed E-state index contributed by atoms with van der Waals surface area (Å²) in [5.74, 6) is 0.486. The topological polar surface area (TPSA) is 40.6 Å². The molecular weight excluding hydrogens is 336 g/mol. The van der Waals surface area contributed by atoms with E-state index in [4.69, 9.17) is 0 Å². The molecular formula is C23H28N2O2. The molecule has 0 N–H and O–H groups in total. The lowest BCUT2D eigenvalue weighted by Crippen LogP contribution is -2.44. The third kappa shape index (κ3) is 4.00. The van der Waals surface area contributed by atoms with E-state index in [0.717, 1.165) is 55.1 Å². The van der Waals surface area contributed by atoms with E-state index in [1.165, 1.54) is 12.8 Å². The molecule has 4 nitrogen and oxygen atoms in total. The number of piperidine rings is 1. The Kier molecular flexibility index (Phi) is 5.42. The summed E-state index contributed by atoms with van der Waals surface area (Å²) in [6.45, 7) is 3.18. The number of benzene rings is 2. The summed E-state index contributed by atoms with van der Waals surface area (Å²) in [7, 11) is 0. The molecule has 4 rings (SSSR count). The number of fused-ring (bicyclic) bond motifs is 1. The van der Waals surface area contributed by atoms with E-state index in [9.17, 15) is 9.59 Å². The average molecular weight is 364 g/mol. The normalized spacial score (nSPS) is 19.1. The Morgan fingerprint density at radius 2 is 1.41 bits per heavy atom. The quantitative estimate of drug-likeness (QED) is 0.805. The van der Waals surface area contributed by atoms with Crippen molar-refractivity contribution in [3.8, 4) is 0 Å². The number of amides is 2. The standard InChI is InChI=1S/C23H28N2O2/c26-22(24-13-5-1-2-6-14-24)19-11-15-25(16-12-19)23(27)21-10-9-18-7-3-4-8-20(18)17-21/h3-4,7-10,17,19H,1-2,5-6,11-16H2. The summed E-state index contributed by atoms with van der Waals surface area (Å²) >= 11 is 0. The second-order valence-electron chi connectivity index (χ2n) is 7.87. The van der Waals surface area contributed by atoms with E-state index >= 15 is 0 Å². The summed E-state index contributed by atoms with van der Waals surface area (Å²) in [5, 5.41) is 2.24. The van der Waals surface area contributed by atoms with E-state index in [0.29, 0.717) is 19.0 Å². The lowest BCUT2D eigenvalue weighted by Gasteiger charge is -2.34. The van der Waals surface area contributed by atoms with Gasteiger partial charge in [-0.1, -0.05) is 43.2 Å². The van der Waals surface area contributed by atoms with Crippen molar-refractivity contribution in [1.29, 1.82) is 0 Å². The molecule has 0 saturated carbocycles. The molecule has 0 aromatic heterocycles. The zero-order chi connectivity index (χ0) is 18.6. The van der Waals surface area contributed by atoms with E-state index < -0.39 is 0 Å². The van der Waals surface area contributed by atoms with Gasteiger partial charge in [0, 0.05) is 37.7 Å². The number of carbonyl (C=O) groups excluding carboxylic acids is 2. The predicted molar refractivity (Wildman–Crippen MR) is 108 cm³/mol. The molecule has 2 aromatic carbocycles. The van der Waals surface area contributed by atoms with Crippen LogP contribution in [0.2, 0.25) is 0 Å². The van der Waals surface area contributed by atoms with Gasteiger partial charge in [-0.05, 0) is 48.6 Å². The second-order valence-corrected chi connectivity index (χ2v) is 7.87. The highest BCUT2D eigenvalue weighted by Crippen LogP contribution is 2.24. The average Bonchev–Trinajstić information content (AvgIpc) is 3.02. The predicted octanol–water partition coefficient (Wildman–Crippen LogP) is 4.09. The zero-order valence-electron chi connectivity index (χ0n) is 15.9. The highest BCUT2D eigenvalue weighted by molar-refractivity contribution is 5.98. The smallest absolute Gasteiger partial charge is 0.253 e. The number of carbonyl (C=O) groups is 2. The van der Waals surface area contributed by atoms with Crippen LogP contribution in [-0.4, -0.2) is 47.8 Å². The molecule has 2 aliphatic rings. The zero-order valence-corrected chi connectivity index (χ0v) is 15.9. The van der Waals surface area contributed by atoms with Gasteiger partial charge in [-0.15, -0.1) is 0 Å². The molecule has 2 fully saturated rings. The Balaban J connectivity index is 1.37. The van der Waals surface area contributed by atoms with Crippen LogP contribution in [0.3, 0.4) is 0 Å². The Labute approximate surface area is 161 Å². The molecule has 0 aliphatic carbocycles. The molecule has 2 aliphatic heterocycles. The van der Waals surface area contributed by atoms with Crippen molar-refractivity contribution in [3.05, 3.63) is 48.0 Å². The first-order valence-corrected chi connectivity index (χ1v) is 10.3. The molecule has 2 aromatic rings. The number of rotatable bonds is 2. The van der Waals surface area contributed by atoms with Gasteiger partial charge in [0.2, 0.25) is 5.91 Å². The van der Waals surface area contributed by atoms with Crippen molar-refractivity contribution in [2.75, 3.05) is 26.2 Å². The molecule has 0 bridgehead atoms. The second kappa shape index (κ2) is 8.12. The third-order valence-electron chi connectivity index (χ3n) is 6.05. The Morgan fingerprint density at radius 3 is 2.11 bits per heavy atom. The van der Waals surface area contributed by atoms with E-state index in [1.54, 1.807) is 0 Å². The van der Waals surface area contributed by atoms with Crippen LogP contribution < -0.4 is 0 Å². The molecule has 2 amide bonds. The van der Waals surface area contributed by atoms with Crippen LogP contribution in [0.5, 0.6) is 0 Å². The first-order chi connectivity index (χ1) is 13.2. The number of hydrogen-bond acceptors (Lipinski definition) is 2. The fourth-order valence-corrected chi connectivity index (χ4v) is 4.38. The van der Waals surface area contributed by atoms with E-state index in [-0.39, 0.29) is 11.8 Å². The fraction of sp³-hybridized carbons (Fsp3) is 0.478. The maximum absolute atomic E-state index is 12.9.